The summed E-state index contributed by atoms with van der Waals surface area (Å²) < 4.78 is 2.12. The molecule has 1 fully saturated rings. The molecule has 0 bridgehead atoms. The summed E-state index contributed by atoms with van der Waals surface area (Å²) in [6.45, 7) is 9.18. The molecule has 1 saturated carbocycles. The zero-order chi connectivity index (χ0) is 15.5. The largest absolute Gasteiger partial charge is 0.329 e. The summed E-state index contributed by atoms with van der Waals surface area (Å²) in [4.78, 5) is 2.49. The quantitative estimate of drug-likeness (QED) is 0.877. The Hall–Kier alpha value is -0.870. The summed E-state index contributed by atoms with van der Waals surface area (Å²) in [5, 5.41) is 4.56. The Bertz CT molecular complexity index is 444. The van der Waals surface area contributed by atoms with E-state index in [1.807, 2.05) is 0 Å². The second kappa shape index (κ2) is 6.93. The fourth-order valence-electron chi connectivity index (χ4n) is 3.78. The molecule has 0 atom stereocenters. The number of likely N-dealkylation sites (N-methyl/N-ethyl adjacent to an activating group) is 1. The monoisotopic (exact) mass is 292 g/mol. The average molecular weight is 292 g/mol. The Morgan fingerprint density at radius 1 is 1.38 bits per heavy atom. The van der Waals surface area contributed by atoms with Crippen molar-refractivity contribution < 1.29 is 0 Å². The third-order valence-corrected chi connectivity index (χ3v) is 5.49. The van der Waals surface area contributed by atoms with Crippen LogP contribution in [-0.4, -0.2) is 33.8 Å². The third kappa shape index (κ3) is 3.49. The van der Waals surface area contributed by atoms with Crippen LogP contribution in [0.3, 0.4) is 0 Å². The van der Waals surface area contributed by atoms with E-state index >= 15 is 0 Å². The lowest BCUT2D eigenvalue weighted by Gasteiger charge is -2.46. The Balaban J connectivity index is 2.08. The number of hydrogen-bond donors (Lipinski definition) is 1. The molecule has 0 radical (unpaired) electrons. The molecule has 1 heterocycles. The predicted molar refractivity (Wildman–Crippen MR) is 88.1 cm³/mol. The highest BCUT2D eigenvalue weighted by molar-refractivity contribution is 5.10. The first-order chi connectivity index (χ1) is 10.0. The molecule has 1 aliphatic carbocycles. The molecule has 0 saturated heterocycles. The van der Waals surface area contributed by atoms with E-state index in [2.05, 4.69) is 48.6 Å². The van der Waals surface area contributed by atoms with Gasteiger partial charge in [0.15, 0.2) is 0 Å². The van der Waals surface area contributed by atoms with Crippen molar-refractivity contribution in [1.82, 2.24) is 14.7 Å². The first kappa shape index (κ1) is 16.5. The highest BCUT2D eigenvalue weighted by Crippen LogP contribution is 2.37. The van der Waals surface area contributed by atoms with Gasteiger partial charge in [-0.3, -0.25) is 9.58 Å². The molecule has 0 unspecified atom stereocenters. The summed E-state index contributed by atoms with van der Waals surface area (Å²) in [5.74, 6) is 0.904. The second-order valence-electron chi connectivity index (χ2n) is 6.73. The van der Waals surface area contributed by atoms with Gasteiger partial charge in [-0.1, -0.05) is 13.3 Å². The van der Waals surface area contributed by atoms with Gasteiger partial charge in [-0.2, -0.15) is 5.10 Å². The lowest BCUT2D eigenvalue weighted by Crippen LogP contribution is -2.53. The normalized spacial score (nSPS) is 26.5. The molecule has 4 nitrogen and oxygen atoms in total. The van der Waals surface area contributed by atoms with E-state index in [0.29, 0.717) is 0 Å². The van der Waals surface area contributed by atoms with Gasteiger partial charge in [0.2, 0.25) is 0 Å². The van der Waals surface area contributed by atoms with Crippen LogP contribution < -0.4 is 5.73 Å². The Kier molecular flexibility index (Phi) is 5.44. The molecule has 4 heteroatoms. The van der Waals surface area contributed by atoms with E-state index in [4.69, 9.17) is 5.73 Å². The second-order valence-corrected chi connectivity index (χ2v) is 6.73. The van der Waals surface area contributed by atoms with Gasteiger partial charge in [0.25, 0.3) is 0 Å². The summed E-state index contributed by atoms with van der Waals surface area (Å²) in [6, 6.07) is 2.21. The molecule has 21 heavy (non-hydrogen) atoms. The smallest absolute Gasteiger partial charge is 0.0597 e. The molecule has 1 aromatic rings. The lowest BCUT2D eigenvalue weighted by molar-refractivity contribution is 0.0559. The van der Waals surface area contributed by atoms with Gasteiger partial charge in [-0.25, -0.2) is 0 Å². The minimum atomic E-state index is 0.183. The number of nitrogens with two attached hydrogens (primary N) is 1. The van der Waals surface area contributed by atoms with Crippen molar-refractivity contribution >= 4 is 0 Å². The van der Waals surface area contributed by atoms with Crippen LogP contribution in [0.2, 0.25) is 0 Å². The molecular weight excluding hydrogens is 260 g/mol. The van der Waals surface area contributed by atoms with E-state index in [9.17, 15) is 0 Å². The maximum absolute atomic E-state index is 6.19. The van der Waals surface area contributed by atoms with E-state index in [1.165, 1.54) is 37.8 Å². The number of aryl methyl sites for hydroxylation is 2. The van der Waals surface area contributed by atoms with E-state index < -0.39 is 0 Å². The van der Waals surface area contributed by atoms with Crippen molar-refractivity contribution in [3.8, 4) is 0 Å². The molecule has 0 amide bonds. The number of aromatic nitrogens is 2. The molecule has 0 aliphatic heterocycles. The van der Waals surface area contributed by atoms with Crippen LogP contribution in [0.5, 0.6) is 0 Å². The molecular formula is C17H32N4. The van der Waals surface area contributed by atoms with E-state index in [1.54, 1.807) is 0 Å². The van der Waals surface area contributed by atoms with Gasteiger partial charge in [0.1, 0.15) is 0 Å². The SMILES string of the molecule is CCC1CCC(CN)(N(C)Cc2cc(C)nn2CC)CC1. The van der Waals surface area contributed by atoms with Crippen LogP contribution in [-0.2, 0) is 13.1 Å². The zero-order valence-corrected chi connectivity index (χ0v) is 14.2. The van der Waals surface area contributed by atoms with Crippen molar-refractivity contribution in [2.75, 3.05) is 13.6 Å². The molecule has 2 rings (SSSR count). The Morgan fingerprint density at radius 2 is 2.05 bits per heavy atom. The standard InChI is InChI=1S/C17H32N4/c1-5-15-7-9-17(13-18,10-8-15)20(4)12-16-11-14(3)19-21(16)6-2/h11,15H,5-10,12-13,18H2,1-4H3. The van der Waals surface area contributed by atoms with Crippen molar-refractivity contribution in [2.24, 2.45) is 11.7 Å². The van der Waals surface area contributed by atoms with Crippen LogP contribution >= 0.6 is 0 Å². The number of nitrogens with zero attached hydrogens (tertiary/aromatic N) is 3. The zero-order valence-electron chi connectivity index (χ0n) is 14.2. The fourth-order valence-corrected chi connectivity index (χ4v) is 3.78. The summed E-state index contributed by atoms with van der Waals surface area (Å²) in [7, 11) is 2.24. The minimum Gasteiger partial charge on any atom is -0.329 e. The van der Waals surface area contributed by atoms with Gasteiger partial charge in [-0.05, 0) is 58.6 Å². The maximum Gasteiger partial charge on any atom is 0.0597 e. The Labute approximate surface area is 129 Å². The summed E-state index contributed by atoms with van der Waals surface area (Å²) in [5.41, 5.74) is 8.79. The summed E-state index contributed by atoms with van der Waals surface area (Å²) in [6.07, 6.45) is 6.43. The maximum atomic E-state index is 6.19. The van der Waals surface area contributed by atoms with Crippen molar-refractivity contribution in [3.05, 3.63) is 17.5 Å². The van der Waals surface area contributed by atoms with Crippen molar-refractivity contribution in [2.45, 2.75) is 71.5 Å². The first-order valence-corrected chi connectivity index (χ1v) is 8.49. The highest BCUT2D eigenvalue weighted by atomic mass is 15.3. The van der Waals surface area contributed by atoms with Crippen LogP contribution in [0, 0.1) is 12.8 Å². The van der Waals surface area contributed by atoms with Crippen LogP contribution in [0.15, 0.2) is 6.07 Å². The van der Waals surface area contributed by atoms with Gasteiger partial charge in [0.05, 0.1) is 11.4 Å². The molecule has 0 aromatic carbocycles. The Morgan fingerprint density at radius 3 is 2.57 bits per heavy atom. The lowest BCUT2D eigenvalue weighted by atomic mass is 9.74. The first-order valence-electron chi connectivity index (χ1n) is 8.49. The molecule has 0 spiro atoms. The van der Waals surface area contributed by atoms with Crippen molar-refractivity contribution in [3.63, 3.8) is 0 Å². The van der Waals surface area contributed by atoms with Gasteiger partial charge < -0.3 is 5.73 Å². The third-order valence-electron chi connectivity index (χ3n) is 5.49. The minimum absolute atomic E-state index is 0.183. The van der Waals surface area contributed by atoms with Gasteiger partial charge >= 0.3 is 0 Å². The van der Waals surface area contributed by atoms with E-state index in [-0.39, 0.29) is 5.54 Å². The molecule has 120 valence electrons. The topological polar surface area (TPSA) is 47.1 Å². The van der Waals surface area contributed by atoms with Gasteiger partial charge in [0, 0.05) is 25.2 Å². The van der Waals surface area contributed by atoms with Crippen LogP contribution in [0.25, 0.3) is 0 Å². The number of hydrogen-bond acceptors (Lipinski definition) is 3. The van der Waals surface area contributed by atoms with Crippen LogP contribution in [0.1, 0.15) is 57.3 Å². The molecule has 1 aliphatic rings. The van der Waals surface area contributed by atoms with Gasteiger partial charge in [-0.15, -0.1) is 0 Å². The predicted octanol–water partition coefficient (Wildman–Crippen LogP) is 2.94. The molecule has 2 N–H and O–H groups in total. The number of rotatable bonds is 6. The van der Waals surface area contributed by atoms with Crippen molar-refractivity contribution in [1.29, 1.82) is 0 Å². The summed E-state index contributed by atoms with van der Waals surface area (Å²) >= 11 is 0. The highest BCUT2D eigenvalue weighted by Gasteiger charge is 2.37. The van der Waals surface area contributed by atoms with Crippen LogP contribution in [0.4, 0.5) is 0 Å². The fraction of sp³-hybridized carbons (Fsp3) is 0.824. The average Bonchev–Trinajstić information content (AvgIpc) is 2.86. The molecule has 1 aromatic heterocycles. The van der Waals surface area contributed by atoms with E-state index in [0.717, 1.165) is 31.2 Å².